The van der Waals surface area contributed by atoms with Crippen molar-refractivity contribution in [1.29, 1.82) is 0 Å². The van der Waals surface area contributed by atoms with E-state index in [0.717, 1.165) is 37.2 Å². The molecule has 0 spiro atoms. The van der Waals surface area contributed by atoms with Crippen molar-refractivity contribution in [3.8, 4) is 5.75 Å². The van der Waals surface area contributed by atoms with Gasteiger partial charge >= 0.3 is 5.97 Å². The van der Waals surface area contributed by atoms with Crippen LogP contribution in [0.4, 0.5) is 0 Å². The minimum Gasteiger partial charge on any atom is -0.476 e. The van der Waals surface area contributed by atoms with Gasteiger partial charge < -0.3 is 9.47 Å². The molecule has 1 heterocycles. The van der Waals surface area contributed by atoms with Crippen molar-refractivity contribution in [3.63, 3.8) is 0 Å². The van der Waals surface area contributed by atoms with Gasteiger partial charge in [0.05, 0.1) is 4.88 Å². The Morgan fingerprint density at radius 3 is 2.17 bits per heavy atom. The summed E-state index contributed by atoms with van der Waals surface area (Å²) in [5, 5.41) is 1.13. The Morgan fingerprint density at radius 1 is 0.971 bits per heavy atom. The summed E-state index contributed by atoms with van der Waals surface area (Å²) in [4.78, 5) is 27.6. The quantitative estimate of drug-likeness (QED) is 0.140. The molecule has 4 nitrogen and oxygen atoms in total. The Hall–Kier alpha value is -2.57. The van der Waals surface area contributed by atoms with E-state index in [2.05, 4.69) is 24.5 Å². The summed E-state index contributed by atoms with van der Waals surface area (Å²) in [7, 11) is 0. The van der Waals surface area contributed by atoms with Crippen molar-refractivity contribution in [1.82, 2.24) is 0 Å². The van der Waals surface area contributed by atoms with Crippen LogP contribution in [0.3, 0.4) is 0 Å². The number of ether oxygens (including phenoxy) is 2. The maximum absolute atomic E-state index is 13.0. The molecule has 0 saturated heterocycles. The van der Waals surface area contributed by atoms with Crippen LogP contribution in [-0.2, 0) is 9.53 Å². The lowest BCUT2D eigenvalue weighted by Crippen LogP contribution is -2.43. The molecule has 0 atom stereocenters. The normalized spacial score (nSPS) is 12.4. The van der Waals surface area contributed by atoms with Gasteiger partial charge in [0.25, 0.3) is 0 Å². The number of carbonyl (C=O) groups excluding carboxylic acids is 2. The topological polar surface area (TPSA) is 52.6 Å². The van der Waals surface area contributed by atoms with Crippen LogP contribution in [0.25, 0.3) is 16.2 Å². The third kappa shape index (κ3) is 6.36. The summed E-state index contributed by atoms with van der Waals surface area (Å²) in [5.41, 5.74) is 1.97. The van der Waals surface area contributed by atoms with E-state index >= 15 is 0 Å². The monoisotopic (exact) mass is 510 g/mol. The molecule has 35 heavy (non-hydrogen) atoms. The van der Waals surface area contributed by atoms with Crippen molar-refractivity contribution in [3.05, 3.63) is 63.5 Å². The van der Waals surface area contributed by atoms with Crippen molar-refractivity contribution >= 4 is 51.0 Å². The summed E-state index contributed by atoms with van der Waals surface area (Å²) in [6, 6.07) is 10.2. The number of esters is 1. The highest BCUT2D eigenvalue weighted by Gasteiger charge is 2.35. The Balaban J connectivity index is 1.81. The number of ketones is 1. The first-order valence-electron chi connectivity index (χ1n) is 11.5. The molecule has 0 unspecified atom stereocenters. The highest BCUT2D eigenvalue weighted by Crippen LogP contribution is 2.34. The summed E-state index contributed by atoms with van der Waals surface area (Å²) < 4.78 is 12.8. The molecule has 2 aromatic carbocycles. The van der Waals surface area contributed by atoms with E-state index in [1.54, 1.807) is 43.0 Å². The van der Waals surface area contributed by atoms with E-state index in [4.69, 9.17) is 9.47 Å². The summed E-state index contributed by atoms with van der Waals surface area (Å²) in [6.07, 6.45) is 5.52. The smallest absolute Gasteiger partial charge is 0.350 e. The summed E-state index contributed by atoms with van der Waals surface area (Å²) in [5.74, 6) is 0.229. The van der Waals surface area contributed by atoms with Crippen molar-refractivity contribution in [2.75, 3.05) is 6.26 Å². The van der Waals surface area contributed by atoms with Crippen LogP contribution in [-0.4, -0.2) is 29.2 Å². The Bertz CT molecular complexity index is 1280. The summed E-state index contributed by atoms with van der Waals surface area (Å²) >= 11 is 3.24. The zero-order chi connectivity index (χ0) is 26.1. The van der Waals surface area contributed by atoms with Crippen LogP contribution in [0.15, 0.2) is 41.3 Å². The molecule has 186 valence electrons. The van der Waals surface area contributed by atoms with E-state index < -0.39 is 17.2 Å². The zero-order valence-electron chi connectivity index (χ0n) is 22.0. The minimum absolute atomic E-state index is 0.00362. The van der Waals surface area contributed by atoms with Gasteiger partial charge in [-0.15, -0.1) is 23.1 Å². The maximum Gasteiger partial charge on any atom is 0.350 e. The van der Waals surface area contributed by atoms with E-state index in [0.29, 0.717) is 5.75 Å². The predicted molar refractivity (Wildman–Crippen MR) is 148 cm³/mol. The third-order valence-electron chi connectivity index (χ3n) is 5.53. The maximum atomic E-state index is 13.0. The van der Waals surface area contributed by atoms with E-state index in [9.17, 15) is 9.59 Å². The molecule has 0 amide bonds. The van der Waals surface area contributed by atoms with Crippen molar-refractivity contribution in [2.45, 2.75) is 71.5 Å². The third-order valence-corrected chi connectivity index (χ3v) is 7.52. The summed E-state index contributed by atoms with van der Waals surface area (Å²) in [6.45, 7) is 14.8. The number of fused-ring (bicyclic) bond motifs is 1. The standard InChI is InChI=1S/C29H34O4S2/c1-17-14-20(15-18(2)25(17)32-29(7,8)27(31)33-28(4,5)6)10-13-23(30)26-19(3)22-12-11-21(34-9)16-24(22)35-26/h10-16H,1-9H3/b13-10+. The highest BCUT2D eigenvalue weighted by atomic mass is 32.2. The zero-order valence-corrected chi connectivity index (χ0v) is 23.6. The van der Waals surface area contributed by atoms with E-state index in [-0.39, 0.29) is 5.78 Å². The van der Waals surface area contributed by atoms with Gasteiger partial charge in [-0.3, -0.25) is 4.79 Å². The van der Waals surface area contributed by atoms with Gasteiger partial charge in [0, 0.05) is 9.60 Å². The van der Waals surface area contributed by atoms with Gasteiger partial charge in [0.15, 0.2) is 11.4 Å². The average molecular weight is 511 g/mol. The fraction of sp³-hybridized carbons (Fsp3) is 0.379. The van der Waals surface area contributed by atoms with Gasteiger partial charge in [-0.05, 0) is 120 Å². The van der Waals surface area contributed by atoms with Gasteiger partial charge in [0.1, 0.15) is 11.4 Å². The molecular formula is C29H34O4S2. The molecular weight excluding hydrogens is 476 g/mol. The van der Waals surface area contributed by atoms with Gasteiger partial charge in [0.2, 0.25) is 0 Å². The van der Waals surface area contributed by atoms with Crippen LogP contribution in [0.5, 0.6) is 5.75 Å². The van der Waals surface area contributed by atoms with Crippen LogP contribution in [0.2, 0.25) is 0 Å². The number of thiophene rings is 1. The van der Waals surface area contributed by atoms with Crippen LogP contribution in [0, 0.1) is 20.8 Å². The Kier molecular flexibility index (Phi) is 7.87. The Labute approximate surface area is 216 Å². The molecule has 0 radical (unpaired) electrons. The molecule has 0 saturated carbocycles. The fourth-order valence-corrected chi connectivity index (χ4v) is 5.44. The molecule has 3 aromatic rings. The van der Waals surface area contributed by atoms with Crippen LogP contribution in [0.1, 0.15) is 66.5 Å². The van der Waals surface area contributed by atoms with Gasteiger partial charge in [-0.2, -0.15) is 0 Å². The molecule has 0 bridgehead atoms. The number of hydrogen-bond donors (Lipinski definition) is 0. The number of hydrogen-bond acceptors (Lipinski definition) is 6. The second-order valence-electron chi connectivity index (χ2n) is 10.2. The van der Waals surface area contributed by atoms with Crippen molar-refractivity contribution < 1.29 is 19.1 Å². The minimum atomic E-state index is -1.13. The number of allylic oxidation sites excluding steroid dienone is 1. The van der Waals surface area contributed by atoms with Gasteiger partial charge in [-0.25, -0.2) is 4.79 Å². The van der Waals surface area contributed by atoms with Crippen LogP contribution >= 0.6 is 23.1 Å². The lowest BCUT2D eigenvalue weighted by molar-refractivity contribution is -0.171. The Morgan fingerprint density at radius 2 is 1.60 bits per heavy atom. The average Bonchev–Trinajstić information content (AvgIpc) is 3.09. The van der Waals surface area contributed by atoms with E-state index in [1.807, 2.05) is 59.8 Å². The molecule has 0 aliphatic carbocycles. The largest absolute Gasteiger partial charge is 0.476 e. The number of aryl methyl sites for hydroxylation is 3. The molecule has 0 aliphatic heterocycles. The first-order valence-corrected chi connectivity index (χ1v) is 13.6. The second kappa shape index (κ2) is 10.2. The first-order chi connectivity index (χ1) is 16.2. The first kappa shape index (κ1) is 27.0. The second-order valence-corrected chi connectivity index (χ2v) is 12.1. The molecule has 0 N–H and O–H groups in total. The molecule has 6 heteroatoms. The number of benzene rings is 2. The molecule has 1 aromatic heterocycles. The van der Waals surface area contributed by atoms with E-state index in [1.165, 1.54) is 4.90 Å². The van der Waals surface area contributed by atoms with Gasteiger partial charge in [-0.1, -0.05) is 12.1 Å². The fourth-order valence-electron chi connectivity index (χ4n) is 3.75. The number of thioether (sulfide) groups is 1. The number of rotatable bonds is 7. The lowest BCUT2D eigenvalue weighted by Gasteiger charge is -2.30. The van der Waals surface area contributed by atoms with Crippen LogP contribution < -0.4 is 4.74 Å². The molecule has 0 fully saturated rings. The van der Waals surface area contributed by atoms with Crippen molar-refractivity contribution in [2.24, 2.45) is 0 Å². The SMILES string of the molecule is CSc1ccc2c(C)c(C(=O)/C=C/c3cc(C)c(OC(C)(C)C(=O)OC(C)(C)C)c(C)c3)sc2c1. The molecule has 3 rings (SSSR count). The predicted octanol–water partition coefficient (Wildman–Crippen LogP) is 7.94. The lowest BCUT2D eigenvalue weighted by atomic mass is 10.0. The molecule has 0 aliphatic rings. The highest BCUT2D eigenvalue weighted by molar-refractivity contribution is 7.98. The number of carbonyl (C=O) groups is 2.